The van der Waals surface area contributed by atoms with Crippen molar-refractivity contribution in [2.75, 3.05) is 13.6 Å². The average Bonchev–Trinajstić information content (AvgIpc) is 2.08. The van der Waals surface area contributed by atoms with Crippen LogP contribution in [0.15, 0.2) is 0 Å². The van der Waals surface area contributed by atoms with Gasteiger partial charge in [-0.25, -0.2) is 0 Å². The predicted octanol–water partition coefficient (Wildman–Crippen LogP) is 2.80. The van der Waals surface area contributed by atoms with Crippen molar-refractivity contribution in [3.8, 4) is 0 Å². The monoisotopic (exact) mass is 245 g/mol. The SMILES string of the molecule is CC(Cl)CCN(C)C(=O)CCC(F)(F)F. The molecule has 2 nitrogen and oxygen atoms in total. The van der Waals surface area contributed by atoms with E-state index < -0.39 is 24.9 Å². The first-order valence-corrected chi connectivity index (χ1v) is 5.11. The fourth-order valence-corrected chi connectivity index (χ4v) is 1.03. The summed E-state index contributed by atoms with van der Waals surface area (Å²) < 4.78 is 35.4. The summed E-state index contributed by atoms with van der Waals surface area (Å²) in [5.41, 5.74) is 0. The van der Waals surface area contributed by atoms with Crippen molar-refractivity contribution >= 4 is 17.5 Å². The summed E-state index contributed by atoms with van der Waals surface area (Å²) in [6.45, 7) is 2.16. The van der Waals surface area contributed by atoms with Gasteiger partial charge in [0, 0.05) is 25.4 Å². The Morgan fingerprint density at radius 1 is 1.47 bits per heavy atom. The molecule has 0 aromatic carbocycles. The van der Waals surface area contributed by atoms with Gasteiger partial charge in [-0.05, 0) is 13.3 Å². The lowest BCUT2D eigenvalue weighted by Crippen LogP contribution is -2.29. The third kappa shape index (κ3) is 8.54. The predicted molar refractivity (Wildman–Crippen MR) is 52.9 cm³/mol. The number of carbonyl (C=O) groups is 1. The topological polar surface area (TPSA) is 20.3 Å². The molecular weight excluding hydrogens is 231 g/mol. The molecule has 0 radical (unpaired) electrons. The van der Waals surface area contributed by atoms with E-state index in [2.05, 4.69) is 0 Å². The van der Waals surface area contributed by atoms with Crippen LogP contribution in [-0.4, -0.2) is 36.0 Å². The lowest BCUT2D eigenvalue weighted by atomic mass is 10.2. The number of carbonyl (C=O) groups excluding carboxylic acids is 1. The van der Waals surface area contributed by atoms with Crippen molar-refractivity contribution in [2.24, 2.45) is 0 Å². The minimum absolute atomic E-state index is 0.0807. The molecule has 0 aromatic rings. The summed E-state index contributed by atoms with van der Waals surface area (Å²) in [6, 6.07) is 0. The van der Waals surface area contributed by atoms with Crippen molar-refractivity contribution in [1.29, 1.82) is 0 Å². The minimum atomic E-state index is -4.27. The zero-order valence-electron chi connectivity index (χ0n) is 8.77. The van der Waals surface area contributed by atoms with Crippen molar-refractivity contribution < 1.29 is 18.0 Å². The summed E-state index contributed by atoms with van der Waals surface area (Å²) in [5.74, 6) is -0.496. The number of halogens is 4. The Kier molecular flexibility index (Phi) is 6.02. The minimum Gasteiger partial charge on any atom is -0.346 e. The highest BCUT2D eigenvalue weighted by molar-refractivity contribution is 6.20. The van der Waals surface area contributed by atoms with Gasteiger partial charge < -0.3 is 4.90 Å². The molecule has 0 spiro atoms. The van der Waals surface area contributed by atoms with E-state index in [4.69, 9.17) is 11.6 Å². The van der Waals surface area contributed by atoms with E-state index in [9.17, 15) is 18.0 Å². The van der Waals surface area contributed by atoms with E-state index in [-0.39, 0.29) is 5.38 Å². The van der Waals surface area contributed by atoms with Crippen LogP contribution in [0.1, 0.15) is 26.2 Å². The van der Waals surface area contributed by atoms with Crippen LogP contribution in [0.25, 0.3) is 0 Å². The maximum absolute atomic E-state index is 11.8. The number of nitrogens with zero attached hydrogens (tertiary/aromatic N) is 1. The van der Waals surface area contributed by atoms with E-state index >= 15 is 0 Å². The van der Waals surface area contributed by atoms with Crippen LogP contribution in [0.2, 0.25) is 0 Å². The molecule has 1 unspecified atom stereocenters. The molecule has 15 heavy (non-hydrogen) atoms. The standard InChI is InChI=1S/C9H15ClF3NO/c1-7(10)4-6-14(2)8(15)3-5-9(11,12)13/h7H,3-6H2,1-2H3. The summed E-state index contributed by atoms with van der Waals surface area (Å²) in [5, 5.41) is -0.0807. The van der Waals surface area contributed by atoms with Crippen molar-refractivity contribution in [1.82, 2.24) is 4.90 Å². The quantitative estimate of drug-likeness (QED) is 0.682. The van der Waals surface area contributed by atoms with Gasteiger partial charge in [0.2, 0.25) is 5.91 Å². The van der Waals surface area contributed by atoms with Crippen molar-refractivity contribution in [3.05, 3.63) is 0 Å². The molecule has 6 heteroatoms. The largest absolute Gasteiger partial charge is 0.389 e. The van der Waals surface area contributed by atoms with Crippen LogP contribution < -0.4 is 0 Å². The number of rotatable bonds is 5. The van der Waals surface area contributed by atoms with E-state index in [1.54, 1.807) is 6.92 Å². The molecule has 0 aliphatic rings. The molecule has 1 amide bonds. The van der Waals surface area contributed by atoms with Crippen molar-refractivity contribution in [3.63, 3.8) is 0 Å². The van der Waals surface area contributed by atoms with Gasteiger partial charge in [0.05, 0.1) is 6.42 Å². The van der Waals surface area contributed by atoms with E-state index in [0.717, 1.165) is 0 Å². The zero-order valence-corrected chi connectivity index (χ0v) is 9.53. The van der Waals surface area contributed by atoms with Gasteiger partial charge in [-0.2, -0.15) is 13.2 Å². The van der Waals surface area contributed by atoms with Gasteiger partial charge in [-0.1, -0.05) is 0 Å². The maximum atomic E-state index is 11.8. The molecule has 0 saturated heterocycles. The van der Waals surface area contributed by atoms with Crippen LogP contribution in [0.3, 0.4) is 0 Å². The second-order valence-electron chi connectivity index (χ2n) is 3.50. The van der Waals surface area contributed by atoms with Gasteiger partial charge in [0.15, 0.2) is 0 Å². The van der Waals surface area contributed by atoms with Gasteiger partial charge in [0.1, 0.15) is 0 Å². The Morgan fingerprint density at radius 2 is 2.00 bits per heavy atom. The average molecular weight is 246 g/mol. The molecule has 0 heterocycles. The van der Waals surface area contributed by atoms with Gasteiger partial charge in [0.25, 0.3) is 0 Å². The second kappa shape index (κ2) is 6.20. The van der Waals surface area contributed by atoms with Crippen LogP contribution in [0, 0.1) is 0 Å². The molecule has 0 aliphatic heterocycles. The normalized spacial score (nSPS) is 13.7. The molecule has 0 rings (SSSR count). The van der Waals surface area contributed by atoms with Crippen LogP contribution in [0.4, 0.5) is 13.2 Å². The van der Waals surface area contributed by atoms with Crippen LogP contribution in [0.5, 0.6) is 0 Å². The molecule has 0 fully saturated rings. The highest BCUT2D eigenvalue weighted by atomic mass is 35.5. The zero-order chi connectivity index (χ0) is 12.1. The van der Waals surface area contributed by atoms with E-state index in [0.29, 0.717) is 13.0 Å². The van der Waals surface area contributed by atoms with Gasteiger partial charge >= 0.3 is 6.18 Å². The molecule has 1 atom stereocenters. The third-order valence-electron chi connectivity index (χ3n) is 1.91. The summed E-state index contributed by atoms with van der Waals surface area (Å²) in [7, 11) is 1.48. The smallest absolute Gasteiger partial charge is 0.346 e. The first-order chi connectivity index (χ1) is 6.72. The molecule has 0 bridgehead atoms. The Bertz CT molecular complexity index is 206. The molecule has 0 aliphatic carbocycles. The number of hydrogen-bond donors (Lipinski definition) is 0. The van der Waals surface area contributed by atoms with E-state index in [1.165, 1.54) is 11.9 Å². The van der Waals surface area contributed by atoms with Crippen molar-refractivity contribution in [2.45, 2.75) is 37.7 Å². The third-order valence-corrected chi connectivity index (χ3v) is 2.13. The second-order valence-corrected chi connectivity index (χ2v) is 4.24. The number of hydrogen-bond acceptors (Lipinski definition) is 1. The lowest BCUT2D eigenvalue weighted by molar-refractivity contribution is -0.148. The molecule has 0 saturated carbocycles. The van der Waals surface area contributed by atoms with E-state index in [1.807, 2.05) is 0 Å². The molecule has 0 N–H and O–H groups in total. The summed E-state index contributed by atoms with van der Waals surface area (Å²) >= 11 is 5.66. The first-order valence-electron chi connectivity index (χ1n) is 4.67. The fourth-order valence-electron chi connectivity index (χ4n) is 0.936. The lowest BCUT2D eigenvalue weighted by Gasteiger charge is -2.18. The summed E-state index contributed by atoms with van der Waals surface area (Å²) in [6.07, 6.45) is -5.24. The molecule has 0 aromatic heterocycles. The molecule has 90 valence electrons. The van der Waals surface area contributed by atoms with Gasteiger partial charge in [-0.15, -0.1) is 11.6 Å². The highest BCUT2D eigenvalue weighted by Crippen LogP contribution is 2.21. The Labute approximate surface area is 92.4 Å². The Balaban J connectivity index is 3.80. The highest BCUT2D eigenvalue weighted by Gasteiger charge is 2.28. The number of alkyl halides is 4. The first kappa shape index (κ1) is 14.6. The maximum Gasteiger partial charge on any atom is 0.389 e. The van der Waals surface area contributed by atoms with Crippen LogP contribution in [-0.2, 0) is 4.79 Å². The fraction of sp³-hybridized carbons (Fsp3) is 0.889. The number of amides is 1. The Morgan fingerprint density at radius 3 is 2.40 bits per heavy atom. The van der Waals surface area contributed by atoms with Gasteiger partial charge in [-0.3, -0.25) is 4.79 Å². The molecular formula is C9H15ClF3NO. The Hall–Kier alpha value is -0.450. The summed E-state index contributed by atoms with van der Waals surface area (Å²) in [4.78, 5) is 12.5. The van der Waals surface area contributed by atoms with Crippen LogP contribution >= 0.6 is 11.6 Å².